The second-order valence-corrected chi connectivity index (χ2v) is 7.72. The average molecular weight is 425 g/mol. The molecular weight excluding hydrogens is 405 g/mol. The van der Waals surface area contributed by atoms with Crippen molar-refractivity contribution in [1.82, 2.24) is 4.90 Å². The molecule has 2 aromatic carbocycles. The van der Waals surface area contributed by atoms with Crippen LogP contribution in [0.15, 0.2) is 48.5 Å². The van der Waals surface area contributed by atoms with Crippen LogP contribution in [0.3, 0.4) is 0 Å². The number of halogens is 1. The van der Waals surface area contributed by atoms with E-state index in [0.717, 1.165) is 29.9 Å². The third-order valence-corrected chi connectivity index (χ3v) is 5.80. The predicted octanol–water partition coefficient (Wildman–Crippen LogP) is 3.45. The molecule has 0 N–H and O–H groups in total. The Morgan fingerprint density at radius 1 is 1.10 bits per heavy atom. The van der Waals surface area contributed by atoms with Gasteiger partial charge in [0.1, 0.15) is 11.9 Å². The molecule has 3 amide bonds. The number of imide groups is 1. The molecular formula is C22H20FN3O5. The first kappa shape index (κ1) is 20.6. The molecule has 9 heteroatoms. The number of amides is 3. The minimum absolute atomic E-state index is 0.0987. The molecule has 0 aromatic heterocycles. The van der Waals surface area contributed by atoms with Crippen molar-refractivity contribution in [3.05, 3.63) is 70.0 Å². The summed E-state index contributed by atoms with van der Waals surface area (Å²) in [7, 11) is 0. The normalized spacial score (nSPS) is 19.1. The number of carbonyl (C=O) groups excluding carboxylic acids is 3. The molecule has 160 valence electrons. The van der Waals surface area contributed by atoms with Gasteiger partial charge in [-0.1, -0.05) is 18.9 Å². The fourth-order valence-corrected chi connectivity index (χ4v) is 4.34. The van der Waals surface area contributed by atoms with Crippen LogP contribution in [0.4, 0.5) is 15.8 Å². The topological polar surface area (TPSA) is 101 Å². The summed E-state index contributed by atoms with van der Waals surface area (Å²) in [6.07, 6.45) is 2.97. The Morgan fingerprint density at radius 3 is 2.42 bits per heavy atom. The lowest BCUT2D eigenvalue weighted by Crippen LogP contribution is -2.50. The van der Waals surface area contributed by atoms with Crippen LogP contribution >= 0.6 is 0 Å². The second-order valence-electron chi connectivity index (χ2n) is 7.72. The standard InChI is InChI=1S/C22H20FN3O5/c23-15-8-10-17(11-9-15)25-20(27)13-19(22(25)29)24(16-5-1-2-6-16)21(28)14-4-3-7-18(12-14)26(30)31/h3-4,7-12,16,19H,1-2,5-6,13H2. The quantitative estimate of drug-likeness (QED) is 0.415. The lowest BCUT2D eigenvalue weighted by Gasteiger charge is -2.33. The largest absolute Gasteiger partial charge is 0.323 e. The zero-order valence-electron chi connectivity index (χ0n) is 16.6. The van der Waals surface area contributed by atoms with Gasteiger partial charge in [-0.3, -0.25) is 24.5 Å². The van der Waals surface area contributed by atoms with Gasteiger partial charge in [-0.15, -0.1) is 0 Å². The summed E-state index contributed by atoms with van der Waals surface area (Å²) < 4.78 is 13.3. The minimum Gasteiger partial charge on any atom is -0.323 e. The van der Waals surface area contributed by atoms with E-state index in [1.807, 2.05) is 0 Å². The van der Waals surface area contributed by atoms with Gasteiger partial charge in [0, 0.05) is 23.7 Å². The lowest BCUT2D eigenvalue weighted by atomic mass is 10.1. The molecule has 1 unspecified atom stereocenters. The first-order chi connectivity index (χ1) is 14.9. The molecule has 1 saturated heterocycles. The fraction of sp³-hybridized carbons (Fsp3) is 0.318. The van der Waals surface area contributed by atoms with E-state index in [2.05, 4.69) is 0 Å². The number of anilines is 1. The van der Waals surface area contributed by atoms with Gasteiger partial charge in [0.2, 0.25) is 5.91 Å². The number of nitro benzene ring substituents is 1. The summed E-state index contributed by atoms with van der Waals surface area (Å²) in [5.74, 6) is -2.03. The first-order valence-corrected chi connectivity index (χ1v) is 10.1. The zero-order valence-corrected chi connectivity index (χ0v) is 16.6. The third kappa shape index (κ3) is 3.90. The number of carbonyl (C=O) groups is 3. The fourth-order valence-electron chi connectivity index (χ4n) is 4.34. The SMILES string of the molecule is O=C1CC(N(C(=O)c2cccc([N+](=O)[O-])c2)C2CCCC2)C(=O)N1c1ccc(F)cc1. The van der Waals surface area contributed by atoms with E-state index in [0.29, 0.717) is 12.8 Å². The lowest BCUT2D eigenvalue weighted by molar-refractivity contribution is -0.384. The molecule has 0 spiro atoms. The highest BCUT2D eigenvalue weighted by atomic mass is 19.1. The van der Waals surface area contributed by atoms with Crippen LogP contribution in [0, 0.1) is 15.9 Å². The van der Waals surface area contributed by atoms with Crippen molar-refractivity contribution >= 4 is 29.1 Å². The Morgan fingerprint density at radius 2 is 1.77 bits per heavy atom. The molecule has 4 rings (SSSR count). The van der Waals surface area contributed by atoms with E-state index in [1.165, 1.54) is 41.3 Å². The molecule has 31 heavy (non-hydrogen) atoms. The van der Waals surface area contributed by atoms with Gasteiger partial charge in [0.15, 0.2) is 0 Å². The summed E-state index contributed by atoms with van der Waals surface area (Å²) in [4.78, 5) is 52.3. The van der Waals surface area contributed by atoms with Gasteiger partial charge in [-0.25, -0.2) is 9.29 Å². The Hall–Kier alpha value is -3.62. The van der Waals surface area contributed by atoms with Crippen LogP contribution in [0.1, 0.15) is 42.5 Å². The number of hydrogen-bond donors (Lipinski definition) is 0. The number of non-ortho nitro benzene ring substituents is 1. The smallest absolute Gasteiger partial charge is 0.270 e. The average Bonchev–Trinajstić information content (AvgIpc) is 3.38. The van der Waals surface area contributed by atoms with Crippen LogP contribution in [-0.4, -0.2) is 39.6 Å². The van der Waals surface area contributed by atoms with Crippen molar-refractivity contribution in [2.24, 2.45) is 0 Å². The van der Waals surface area contributed by atoms with Gasteiger partial charge in [0.25, 0.3) is 17.5 Å². The molecule has 1 aliphatic heterocycles. The number of rotatable bonds is 5. The summed E-state index contributed by atoms with van der Waals surface area (Å²) in [6.45, 7) is 0. The maximum absolute atomic E-state index is 13.4. The maximum Gasteiger partial charge on any atom is 0.270 e. The Labute approximate surface area is 177 Å². The first-order valence-electron chi connectivity index (χ1n) is 10.1. The Balaban J connectivity index is 1.68. The highest BCUT2D eigenvalue weighted by molar-refractivity contribution is 6.23. The molecule has 8 nitrogen and oxygen atoms in total. The molecule has 2 aromatic rings. The van der Waals surface area contributed by atoms with Gasteiger partial charge < -0.3 is 4.90 Å². The number of nitrogens with zero attached hydrogens (tertiary/aromatic N) is 3. The van der Waals surface area contributed by atoms with E-state index < -0.39 is 34.5 Å². The van der Waals surface area contributed by atoms with E-state index >= 15 is 0 Å². The van der Waals surface area contributed by atoms with Crippen LogP contribution < -0.4 is 4.90 Å². The van der Waals surface area contributed by atoms with Crippen molar-refractivity contribution in [3.63, 3.8) is 0 Å². The van der Waals surface area contributed by atoms with E-state index in [1.54, 1.807) is 0 Å². The maximum atomic E-state index is 13.4. The molecule has 0 bridgehead atoms. The Bertz CT molecular complexity index is 1050. The summed E-state index contributed by atoms with van der Waals surface area (Å²) in [5, 5.41) is 11.1. The Kier molecular flexibility index (Phi) is 5.50. The van der Waals surface area contributed by atoms with Crippen LogP contribution in [-0.2, 0) is 9.59 Å². The third-order valence-electron chi connectivity index (χ3n) is 5.80. The monoisotopic (exact) mass is 425 g/mol. The molecule has 0 radical (unpaired) electrons. The molecule has 1 saturated carbocycles. The van der Waals surface area contributed by atoms with Crippen LogP contribution in [0.25, 0.3) is 0 Å². The summed E-state index contributed by atoms with van der Waals surface area (Å²) >= 11 is 0. The predicted molar refractivity (Wildman–Crippen MR) is 109 cm³/mol. The van der Waals surface area contributed by atoms with E-state index in [9.17, 15) is 28.9 Å². The van der Waals surface area contributed by atoms with Gasteiger partial charge >= 0.3 is 0 Å². The van der Waals surface area contributed by atoms with Crippen molar-refractivity contribution < 1.29 is 23.7 Å². The van der Waals surface area contributed by atoms with Crippen molar-refractivity contribution in [1.29, 1.82) is 0 Å². The molecule has 1 atom stereocenters. The van der Waals surface area contributed by atoms with Crippen LogP contribution in [0.5, 0.6) is 0 Å². The molecule has 1 heterocycles. The van der Waals surface area contributed by atoms with Gasteiger partial charge in [-0.05, 0) is 43.2 Å². The number of benzene rings is 2. The second kappa shape index (κ2) is 8.25. The molecule has 2 aliphatic rings. The zero-order chi connectivity index (χ0) is 22.1. The number of nitro groups is 1. The highest BCUT2D eigenvalue weighted by Gasteiger charge is 2.47. The van der Waals surface area contributed by atoms with Gasteiger partial charge in [-0.2, -0.15) is 0 Å². The van der Waals surface area contributed by atoms with E-state index in [4.69, 9.17) is 0 Å². The van der Waals surface area contributed by atoms with Crippen molar-refractivity contribution in [2.45, 2.75) is 44.2 Å². The van der Waals surface area contributed by atoms with Crippen molar-refractivity contribution in [3.8, 4) is 0 Å². The highest BCUT2D eigenvalue weighted by Crippen LogP contribution is 2.33. The summed E-state index contributed by atoms with van der Waals surface area (Å²) in [5.41, 5.74) is 0.119. The summed E-state index contributed by atoms with van der Waals surface area (Å²) in [6, 6.07) is 9.12. The minimum atomic E-state index is -1.01. The molecule has 2 fully saturated rings. The number of hydrogen-bond acceptors (Lipinski definition) is 5. The van der Waals surface area contributed by atoms with E-state index in [-0.39, 0.29) is 29.4 Å². The van der Waals surface area contributed by atoms with Crippen LogP contribution in [0.2, 0.25) is 0 Å². The van der Waals surface area contributed by atoms with Crippen molar-refractivity contribution in [2.75, 3.05) is 4.90 Å². The van der Waals surface area contributed by atoms with Gasteiger partial charge in [0.05, 0.1) is 17.0 Å². The molecule has 1 aliphatic carbocycles.